The standard InChI is InChI=1S/C7H12N4O2/c1-4(12)3-8-7(13)6-5(2)9-11-10-6/h4,12H,3H2,1-2H3,(H,8,13)(H,9,10,11)/t4-/m0/s1. The number of hydrogen-bond acceptors (Lipinski definition) is 4. The molecule has 1 aromatic heterocycles. The molecule has 0 aliphatic carbocycles. The summed E-state index contributed by atoms with van der Waals surface area (Å²) < 4.78 is 0. The number of H-pyrrole nitrogens is 1. The van der Waals surface area contributed by atoms with Crippen molar-refractivity contribution in [3.63, 3.8) is 0 Å². The van der Waals surface area contributed by atoms with Crippen molar-refractivity contribution in [2.45, 2.75) is 20.0 Å². The van der Waals surface area contributed by atoms with Crippen molar-refractivity contribution in [3.8, 4) is 0 Å². The lowest BCUT2D eigenvalue weighted by Gasteiger charge is -2.04. The molecule has 0 aliphatic rings. The molecule has 0 spiro atoms. The van der Waals surface area contributed by atoms with Crippen molar-refractivity contribution in [1.82, 2.24) is 20.7 Å². The van der Waals surface area contributed by atoms with Crippen LogP contribution in [-0.2, 0) is 0 Å². The lowest BCUT2D eigenvalue weighted by atomic mass is 10.3. The van der Waals surface area contributed by atoms with E-state index in [1.807, 2.05) is 0 Å². The maximum absolute atomic E-state index is 11.3. The minimum absolute atomic E-state index is 0.213. The van der Waals surface area contributed by atoms with Crippen molar-refractivity contribution in [1.29, 1.82) is 0 Å². The fourth-order valence-corrected chi connectivity index (χ4v) is 0.823. The zero-order chi connectivity index (χ0) is 9.84. The summed E-state index contributed by atoms with van der Waals surface area (Å²) in [7, 11) is 0. The maximum atomic E-state index is 11.3. The highest BCUT2D eigenvalue weighted by Gasteiger charge is 2.12. The molecular weight excluding hydrogens is 172 g/mol. The number of hydrogen-bond donors (Lipinski definition) is 3. The van der Waals surface area contributed by atoms with Crippen LogP contribution in [0.2, 0.25) is 0 Å². The van der Waals surface area contributed by atoms with Gasteiger partial charge in [0.15, 0.2) is 5.69 Å². The van der Waals surface area contributed by atoms with Crippen LogP contribution in [0.15, 0.2) is 0 Å². The number of amides is 1. The number of rotatable bonds is 3. The molecule has 13 heavy (non-hydrogen) atoms. The van der Waals surface area contributed by atoms with E-state index in [9.17, 15) is 4.79 Å². The van der Waals surface area contributed by atoms with Crippen LogP contribution in [0.4, 0.5) is 0 Å². The Morgan fingerprint density at radius 1 is 1.69 bits per heavy atom. The molecule has 1 rings (SSSR count). The molecule has 0 bridgehead atoms. The summed E-state index contributed by atoms with van der Waals surface area (Å²) in [6, 6.07) is 0. The zero-order valence-electron chi connectivity index (χ0n) is 7.53. The highest BCUT2D eigenvalue weighted by molar-refractivity contribution is 5.93. The smallest absolute Gasteiger partial charge is 0.273 e. The van der Waals surface area contributed by atoms with Gasteiger partial charge < -0.3 is 10.4 Å². The first-order chi connectivity index (χ1) is 6.11. The molecule has 0 aromatic carbocycles. The van der Waals surface area contributed by atoms with Crippen LogP contribution >= 0.6 is 0 Å². The van der Waals surface area contributed by atoms with Crippen LogP contribution in [0.3, 0.4) is 0 Å². The van der Waals surface area contributed by atoms with E-state index in [0.29, 0.717) is 5.69 Å². The largest absolute Gasteiger partial charge is 0.392 e. The second kappa shape index (κ2) is 3.99. The molecule has 0 saturated carbocycles. The molecule has 0 saturated heterocycles. The number of carbonyl (C=O) groups excluding carboxylic acids is 1. The monoisotopic (exact) mass is 184 g/mol. The molecule has 0 aliphatic heterocycles. The van der Waals surface area contributed by atoms with E-state index in [0.717, 1.165) is 0 Å². The molecule has 72 valence electrons. The van der Waals surface area contributed by atoms with E-state index in [-0.39, 0.29) is 18.1 Å². The van der Waals surface area contributed by atoms with Gasteiger partial charge in [-0.15, -0.1) is 0 Å². The van der Waals surface area contributed by atoms with E-state index in [1.165, 1.54) is 0 Å². The highest BCUT2D eigenvalue weighted by atomic mass is 16.3. The summed E-state index contributed by atoms with van der Waals surface area (Å²) in [5.41, 5.74) is 0.809. The number of nitrogens with one attached hydrogen (secondary N) is 2. The van der Waals surface area contributed by atoms with Gasteiger partial charge in [0, 0.05) is 6.54 Å². The summed E-state index contributed by atoms with van der Waals surface area (Å²) in [6.07, 6.45) is -0.559. The van der Waals surface area contributed by atoms with E-state index in [4.69, 9.17) is 5.11 Å². The maximum Gasteiger partial charge on any atom is 0.273 e. The Morgan fingerprint density at radius 3 is 2.85 bits per heavy atom. The van der Waals surface area contributed by atoms with Gasteiger partial charge in [-0.1, -0.05) is 0 Å². The minimum Gasteiger partial charge on any atom is -0.392 e. The Balaban J connectivity index is 2.54. The molecule has 1 heterocycles. The fourth-order valence-electron chi connectivity index (χ4n) is 0.823. The summed E-state index contributed by atoms with van der Waals surface area (Å²) in [6.45, 7) is 3.49. The number of aliphatic hydroxyl groups is 1. The van der Waals surface area contributed by atoms with Crippen LogP contribution in [0.25, 0.3) is 0 Å². The number of aliphatic hydroxyl groups excluding tert-OH is 1. The highest BCUT2D eigenvalue weighted by Crippen LogP contribution is 1.97. The Bertz CT molecular complexity index is 294. The Kier molecular flexibility index (Phi) is 2.97. The first kappa shape index (κ1) is 9.66. The van der Waals surface area contributed by atoms with Gasteiger partial charge in [0.25, 0.3) is 5.91 Å². The molecule has 6 nitrogen and oxygen atoms in total. The first-order valence-electron chi connectivity index (χ1n) is 3.95. The van der Waals surface area contributed by atoms with Gasteiger partial charge in [0.05, 0.1) is 11.8 Å². The van der Waals surface area contributed by atoms with E-state index in [2.05, 4.69) is 20.7 Å². The van der Waals surface area contributed by atoms with Crippen molar-refractivity contribution in [3.05, 3.63) is 11.4 Å². The number of nitrogens with zero attached hydrogens (tertiary/aromatic N) is 2. The van der Waals surface area contributed by atoms with Crippen molar-refractivity contribution < 1.29 is 9.90 Å². The number of aromatic nitrogens is 3. The van der Waals surface area contributed by atoms with E-state index < -0.39 is 6.10 Å². The Hall–Kier alpha value is -1.43. The number of carbonyl (C=O) groups is 1. The lowest BCUT2D eigenvalue weighted by molar-refractivity contribution is 0.0918. The summed E-state index contributed by atoms with van der Waals surface area (Å²) in [4.78, 5) is 11.3. The van der Waals surface area contributed by atoms with Gasteiger partial charge in [-0.05, 0) is 13.8 Å². The van der Waals surface area contributed by atoms with Crippen molar-refractivity contribution in [2.24, 2.45) is 0 Å². The molecule has 1 aromatic rings. The summed E-state index contributed by atoms with van der Waals surface area (Å²) in [5.74, 6) is -0.327. The molecule has 1 amide bonds. The van der Waals surface area contributed by atoms with Gasteiger partial charge in [0.2, 0.25) is 0 Å². The molecular formula is C7H12N4O2. The average Bonchev–Trinajstić information content (AvgIpc) is 2.47. The van der Waals surface area contributed by atoms with Gasteiger partial charge >= 0.3 is 0 Å². The van der Waals surface area contributed by atoms with Gasteiger partial charge in [-0.3, -0.25) is 4.79 Å². The normalized spacial score (nSPS) is 12.5. The predicted octanol–water partition coefficient (Wildman–Crippen LogP) is -0.776. The molecule has 3 N–H and O–H groups in total. The average molecular weight is 184 g/mol. The molecule has 0 unspecified atom stereocenters. The van der Waals surface area contributed by atoms with Crippen LogP contribution in [-0.4, -0.2) is 39.1 Å². The lowest BCUT2D eigenvalue weighted by Crippen LogP contribution is -2.31. The second-order valence-corrected chi connectivity index (χ2v) is 2.82. The molecule has 6 heteroatoms. The van der Waals surface area contributed by atoms with Gasteiger partial charge in [-0.2, -0.15) is 15.4 Å². The third-order valence-electron chi connectivity index (χ3n) is 1.50. The van der Waals surface area contributed by atoms with Crippen LogP contribution in [0, 0.1) is 6.92 Å². The van der Waals surface area contributed by atoms with Gasteiger partial charge in [0.1, 0.15) is 0 Å². The van der Waals surface area contributed by atoms with Crippen LogP contribution in [0.1, 0.15) is 23.1 Å². The SMILES string of the molecule is Cc1n[nH]nc1C(=O)NC[C@H](C)O. The molecule has 0 fully saturated rings. The van der Waals surface area contributed by atoms with Crippen LogP contribution in [0.5, 0.6) is 0 Å². The summed E-state index contributed by atoms with van der Waals surface area (Å²) in [5, 5.41) is 21.1. The van der Waals surface area contributed by atoms with Gasteiger partial charge in [-0.25, -0.2) is 0 Å². The van der Waals surface area contributed by atoms with Crippen molar-refractivity contribution in [2.75, 3.05) is 6.54 Å². The summed E-state index contributed by atoms with van der Waals surface area (Å²) >= 11 is 0. The number of aromatic amines is 1. The number of aryl methyl sites for hydroxylation is 1. The van der Waals surface area contributed by atoms with E-state index in [1.54, 1.807) is 13.8 Å². The second-order valence-electron chi connectivity index (χ2n) is 2.82. The van der Waals surface area contributed by atoms with Crippen molar-refractivity contribution >= 4 is 5.91 Å². The third kappa shape index (κ3) is 2.51. The third-order valence-corrected chi connectivity index (χ3v) is 1.50. The quantitative estimate of drug-likeness (QED) is 0.575. The fraction of sp³-hybridized carbons (Fsp3) is 0.571. The Morgan fingerprint density at radius 2 is 2.38 bits per heavy atom. The van der Waals surface area contributed by atoms with E-state index >= 15 is 0 Å². The zero-order valence-corrected chi connectivity index (χ0v) is 7.53. The topological polar surface area (TPSA) is 90.9 Å². The Labute approximate surface area is 75.3 Å². The first-order valence-corrected chi connectivity index (χ1v) is 3.95. The molecule has 0 radical (unpaired) electrons. The predicted molar refractivity (Wildman–Crippen MR) is 45.1 cm³/mol. The molecule has 1 atom stereocenters. The van der Waals surface area contributed by atoms with Crippen LogP contribution < -0.4 is 5.32 Å². The minimum atomic E-state index is -0.559.